The molecule has 0 saturated heterocycles. The first kappa shape index (κ1) is 29.9. The first-order chi connectivity index (χ1) is 21.5. The predicted molar refractivity (Wildman–Crippen MR) is 172 cm³/mol. The number of hydrogen-bond acceptors (Lipinski definition) is 8. The van der Waals surface area contributed by atoms with Gasteiger partial charge in [0.25, 0.3) is 0 Å². The third-order valence-corrected chi connectivity index (χ3v) is 9.68. The van der Waals surface area contributed by atoms with E-state index >= 15 is 0 Å². The largest absolute Gasteiger partial charge is 0.493 e. The summed E-state index contributed by atoms with van der Waals surface area (Å²) in [4.78, 5) is 22.2. The van der Waals surface area contributed by atoms with Gasteiger partial charge in [-0.2, -0.15) is 0 Å². The van der Waals surface area contributed by atoms with Gasteiger partial charge in [0.1, 0.15) is 12.4 Å². The van der Waals surface area contributed by atoms with Crippen LogP contribution in [0.2, 0.25) is 0 Å². The zero-order chi connectivity index (χ0) is 30.6. The number of amides is 1. The van der Waals surface area contributed by atoms with Crippen LogP contribution in [-0.4, -0.2) is 63.1 Å². The number of aryl methyl sites for hydroxylation is 1. The highest BCUT2D eigenvalue weighted by Gasteiger charge is 2.33. The molecule has 9 heteroatoms. The maximum atomic E-state index is 14.1. The molecule has 2 heterocycles. The molecule has 1 aromatic heterocycles. The average molecular weight is 615 g/mol. The Morgan fingerprint density at radius 1 is 0.864 bits per heavy atom. The predicted octanol–water partition coefficient (Wildman–Crippen LogP) is 6.45. The Labute approximate surface area is 262 Å². The minimum atomic E-state index is -0.278. The molecular weight excluding hydrogens is 576 g/mol. The molecule has 8 nitrogen and oxygen atoms in total. The van der Waals surface area contributed by atoms with Crippen molar-refractivity contribution < 1.29 is 28.5 Å². The summed E-state index contributed by atoms with van der Waals surface area (Å²) >= 11 is 1.60. The Balaban J connectivity index is 1.32. The maximum absolute atomic E-state index is 14.1. The number of aromatic nitrogens is 1. The van der Waals surface area contributed by atoms with Crippen molar-refractivity contribution in [2.75, 3.05) is 47.3 Å². The summed E-state index contributed by atoms with van der Waals surface area (Å²) in [5.74, 6) is 3.75. The third kappa shape index (κ3) is 5.85. The van der Waals surface area contributed by atoms with E-state index in [2.05, 4.69) is 0 Å². The van der Waals surface area contributed by atoms with Crippen molar-refractivity contribution in [1.82, 2.24) is 9.88 Å². The van der Waals surface area contributed by atoms with Gasteiger partial charge in [-0.1, -0.05) is 18.2 Å². The number of thioether (sulfide) groups is 1. The number of pyridine rings is 1. The lowest BCUT2D eigenvalue weighted by Gasteiger charge is -2.37. The van der Waals surface area contributed by atoms with Gasteiger partial charge in [0, 0.05) is 28.6 Å². The van der Waals surface area contributed by atoms with Crippen LogP contribution in [0.1, 0.15) is 41.3 Å². The molecule has 2 aliphatic rings. The van der Waals surface area contributed by atoms with E-state index in [9.17, 15) is 4.79 Å². The van der Waals surface area contributed by atoms with E-state index in [4.69, 9.17) is 28.7 Å². The molecule has 230 valence electrons. The van der Waals surface area contributed by atoms with E-state index in [1.807, 2.05) is 59.5 Å². The van der Waals surface area contributed by atoms with Crippen LogP contribution in [0, 0.1) is 0 Å². The van der Waals surface area contributed by atoms with Crippen molar-refractivity contribution in [3.63, 3.8) is 0 Å². The van der Waals surface area contributed by atoms with Gasteiger partial charge in [-0.25, -0.2) is 0 Å². The number of ether oxygens (including phenoxy) is 5. The number of carbonyl (C=O) groups is 1. The quantitative estimate of drug-likeness (QED) is 0.189. The van der Waals surface area contributed by atoms with Crippen LogP contribution in [0.3, 0.4) is 0 Å². The zero-order valence-electron chi connectivity index (χ0n) is 25.7. The van der Waals surface area contributed by atoms with E-state index in [0.717, 1.165) is 70.5 Å². The van der Waals surface area contributed by atoms with Gasteiger partial charge < -0.3 is 28.6 Å². The summed E-state index contributed by atoms with van der Waals surface area (Å²) in [6.45, 7) is 0.915. The average Bonchev–Trinajstić information content (AvgIpc) is 3.07. The molecule has 1 aliphatic heterocycles. The van der Waals surface area contributed by atoms with Crippen LogP contribution < -0.4 is 23.7 Å². The van der Waals surface area contributed by atoms with Crippen LogP contribution in [0.4, 0.5) is 0 Å². The van der Waals surface area contributed by atoms with Gasteiger partial charge in [-0.3, -0.25) is 9.78 Å². The molecule has 0 saturated carbocycles. The Bertz CT molecular complexity index is 1660. The lowest BCUT2D eigenvalue weighted by atomic mass is 9.92. The molecule has 3 aromatic carbocycles. The van der Waals surface area contributed by atoms with Gasteiger partial charge >= 0.3 is 0 Å². The second-order valence-electron chi connectivity index (χ2n) is 11.0. The maximum Gasteiger partial charge on any atom is 0.233 e. The highest BCUT2D eigenvalue weighted by Crippen LogP contribution is 2.42. The van der Waals surface area contributed by atoms with Gasteiger partial charge in [0.05, 0.1) is 45.8 Å². The molecular formula is C35H38N2O6S. The molecule has 0 radical (unpaired) electrons. The molecule has 0 bridgehead atoms. The first-order valence-electron chi connectivity index (χ1n) is 15.0. The standard InChI is InChI=1S/C35H38N2O6S/c1-39-30-16-22-14-15-37(29(25(22)17-31(30)40-2)20-43-23-10-6-5-7-11-23)34(38)21-44-35-24-12-8-9-13-27(24)36-28-19-33(42-4)32(41-3)18-26(28)35/h5-7,10-11,16-19,29H,8-9,12-15,20-21H2,1-4H3. The Kier molecular flexibility index (Phi) is 9.02. The second kappa shape index (κ2) is 13.3. The van der Waals surface area contributed by atoms with Crippen LogP contribution in [0.25, 0.3) is 10.9 Å². The third-order valence-electron chi connectivity index (χ3n) is 8.53. The van der Waals surface area contributed by atoms with Crippen LogP contribution >= 0.6 is 11.8 Å². The highest BCUT2D eigenvalue weighted by atomic mass is 32.2. The molecule has 44 heavy (non-hydrogen) atoms. The number of methoxy groups -OCH3 is 4. The van der Waals surface area contributed by atoms with Crippen molar-refractivity contribution in [2.45, 2.75) is 43.0 Å². The molecule has 1 unspecified atom stereocenters. The van der Waals surface area contributed by atoms with Crippen molar-refractivity contribution in [1.29, 1.82) is 0 Å². The van der Waals surface area contributed by atoms with Crippen molar-refractivity contribution in [3.05, 3.63) is 77.0 Å². The van der Waals surface area contributed by atoms with Crippen LogP contribution in [0.15, 0.2) is 59.5 Å². The fraction of sp³-hybridized carbons (Fsp3) is 0.371. The summed E-state index contributed by atoms with van der Waals surface area (Å²) in [6, 6.07) is 17.4. The number of nitrogens with zero attached hydrogens (tertiary/aromatic N) is 2. The van der Waals surface area contributed by atoms with Gasteiger partial charge in [-0.15, -0.1) is 11.8 Å². The Morgan fingerprint density at radius 3 is 2.30 bits per heavy atom. The molecule has 0 fully saturated rings. The van der Waals surface area contributed by atoms with Crippen molar-refractivity contribution in [2.24, 2.45) is 0 Å². The van der Waals surface area contributed by atoms with Crippen molar-refractivity contribution in [3.8, 4) is 28.7 Å². The van der Waals surface area contributed by atoms with E-state index < -0.39 is 0 Å². The van der Waals surface area contributed by atoms with E-state index in [1.54, 1.807) is 40.2 Å². The molecule has 0 spiro atoms. The summed E-state index contributed by atoms with van der Waals surface area (Å²) in [5, 5.41) is 0.992. The van der Waals surface area contributed by atoms with E-state index in [0.29, 0.717) is 41.9 Å². The number of rotatable bonds is 10. The van der Waals surface area contributed by atoms with Crippen molar-refractivity contribution >= 4 is 28.6 Å². The normalized spacial score (nSPS) is 15.7. The molecule has 0 N–H and O–H groups in total. The lowest BCUT2D eigenvalue weighted by molar-refractivity contribution is -0.132. The minimum Gasteiger partial charge on any atom is -0.493 e. The van der Waals surface area contributed by atoms with Crippen LogP contribution in [0.5, 0.6) is 28.7 Å². The topological polar surface area (TPSA) is 79.4 Å². The highest BCUT2D eigenvalue weighted by molar-refractivity contribution is 8.00. The summed E-state index contributed by atoms with van der Waals surface area (Å²) in [6.07, 6.45) is 4.84. The molecule has 6 rings (SSSR count). The number of carbonyl (C=O) groups excluding carboxylic acids is 1. The first-order valence-corrected chi connectivity index (χ1v) is 16.0. The Morgan fingerprint density at radius 2 is 1.55 bits per heavy atom. The fourth-order valence-electron chi connectivity index (χ4n) is 6.29. The number of fused-ring (bicyclic) bond motifs is 3. The van der Waals surface area contributed by atoms with E-state index in [-0.39, 0.29) is 11.9 Å². The fourth-order valence-corrected chi connectivity index (χ4v) is 7.43. The molecule has 1 amide bonds. The molecule has 1 atom stereocenters. The zero-order valence-corrected chi connectivity index (χ0v) is 26.5. The minimum absolute atomic E-state index is 0.0621. The monoisotopic (exact) mass is 614 g/mol. The number of hydrogen-bond donors (Lipinski definition) is 0. The number of para-hydroxylation sites is 1. The SMILES string of the molecule is COc1cc2c(cc1OC)C(COc1ccccc1)N(C(=O)CSc1c3c(nc4cc(OC)c(OC)cc14)CCCC3)CC2. The number of benzene rings is 3. The molecule has 1 aliphatic carbocycles. The Hall–Kier alpha value is -4.11. The summed E-state index contributed by atoms with van der Waals surface area (Å²) in [7, 11) is 6.55. The summed E-state index contributed by atoms with van der Waals surface area (Å²) < 4.78 is 28.7. The summed E-state index contributed by atoms with van der Waals surface area (Å²) in [5.41, 5.74) is 5.38. The van der Waals surface area contributed by atoms with E-state index in [1.165, 1.54) is 5.56 Å². The smallest absolute Gasteiger partial charge is 0.233 e. The van der Waals surface area contributed by atoms with Gasteiger partial charge in [-0.05, 0) is 79.1 Å². The van der Waals surface area contributed by atoms with Gasteiger partial charge in [0.15, 0.2) is 23.0 Å². The second-order valence-corrected chi connectivity index (χ2v) is 12.0. The van der Waals surface area contributed by atoms with Gasteiger partial charge in [0.2, 0.25) is 5.91 Å². The lowest BCUT2D eigenvalue weighted by Crippen LogP contribution is -2.43. The van der Waals surface area contributed by atoms with Crippen LogP contribution in [-0.2, 0) is 24.1 Å². The molecule has 4 aromatic rings.